The Kier molecular flexibility index (Phi) is 3.73. The lowest BCUT2D eigenvalue weighted by Crippen LogP contribution is -2.52. The summed E-state index contributed by atoms with van der Waals surface area (Å²) >= 11 is 1.37. The summed E-state index contributed by atoms with van der Waals surface area (Å²) in [7, 11) is 0. The van der Waals surface area contributed by atoms with Crippen LogP contribution < -0.4 is 10.7 Å². The van der Waals surface area contributed by atoms with Crippen LogP contribution in [0.15, 0.2) is 41.6 Å². The lowest BCUT2D eigenvalue weighted by Gasteiger charge is -2.26. The number of rotatable bonds is 2. The zero-order chi connectivity index (χ0) is 15.7. The molecule has 1 atom stereocenters. The van der Waals surface area contributed by atoms with Crippen molar-refractivity contribution in [2.45, 2.75) is 18.2 Å². The first-order valence-electron chi connectivity index (χ1n) is 6.33. The predicted octanol–water partition coefficient (Wildman–Crippen LogP) is 2.04. The number of amides is 1. The molecule has 0 saturated carbocycles. The Morgan fingerprint density at radius 2 is 2.00 bits per heavy atom. The highest BCUT2D eigenvalue weighted by Gasteiger charge is 2.31. The normalized spacial score (nSPS) is 20.3. The molecule has 0 fully saturated rings. The third-order valence-electron chi connectivity index (χ3n) is 3.10. The smallest absolute Gasteiger partial charge is 0.314 e. The van der Waals surface area contributed by atoms with E-state index in [9.17, 15) is 18.0 Å². The summed E-state index contributed by atoms with van der Waals surface area (Å²) in [6.07, 6.45) is -1.73. The van der Waals surface area contributed by atoms with Crippen LogP contribution in [0.2, 0.25) is 0 Å². The van der Waals surface area contributed by atoms with Crippen LogP contribution in [-0.4, -0.2) is 22.3 Å². The Labute approximate surface area is 128 Å². The molecule has 2 aliphatic heterocycles. The number of nitrogens with zero attached hydrogens (tertiary/aromatic N) is 2. The Hall–Kier alpha value is -2.16. The summed E-state index contributed by atoms with van der Waals surface area (Å²) in [5, 5.41) is 7.40. The van der Waals surface area contributed by atoms with Crippen molar-refractivity contribution in [1.29, 1.82) is 0 Å². The highest BCUT2D eigenvalue weighted by Crippen LogP contribution is 2.30. The highest BCUT2D eigenvalue weighted by molar-refractivity contribution is 8.13. The maximum Gasteiger partial charge on any atom is 0.416 e. The van der Waals surface area contributed by atoms with E-state index in [0.717, 1.165) is 17.7 Å². The summed E-state index contributed by atoms with van der Waals surface area (Å²) < 4.78 is 37.5. The number of benzene rings is 1. The Bertz CT molecular complexity index is 642. The zero-order valence-electron chi connectivity index (χ0n) is 11.1. The molecule has 1 aromatic carbocycles. The standard InChI is InChI=1S/C13H11F3N4OS/c14-13(15,16)9-3-1-8(2-4-9)7-22-12-19-18-11-17-10(21)5-6-20(11)12/h1-6,11,18H,7H2,(H,17,21). The van der Waals surface area contributed by atoms with E-state index in [4.69, 9.17) is 0 Å². The van der Waals surface area contributed by atoms with Gasteiger partial charge in [-0.2, -0.15) is 18.3 Å². The fraction of sp³-hybridized carbons (Fsp3) is 0.231. The van der Waals surface area contributed by atoms with Crippen molar-refractivity contribution in [2.75, 3.05) is 0 Å². The number of nitrogens with one attached hydrogen (secondary N) is 2. The summed E-state index contributed by atoms with van der Waals surface area (Å²) in [6, 6.07) is 5.02. The molecule has 0 spiro atoms. The fourth-order valence-electron chi connectivity index (χ4n) is 1.97. The SMILES string of the molecule is O=C1C=CN2C(SCc3ccc(C(F)(F)F)cc3)=NNC2N1. The minimum absolute atomic E-state index is 0.210. The van der Waals surface area contributed by atoms with E-state index in [2.05, 4.69) is 15.8 Å². The second-order valence-electron chi connectivity index (χ2n) is 4.64. The van der Waals surface area contributed by atoms with Gasteiger partial charge in [0.15, 0.2) is 11.5 Å². The molecule has 5 nitrogen and oxygen atoms in total. The van der Waals surface area contributed by atoms with Gasteiger partial charge in [0.2, 0.25) is 5.91 Å². The quantitative estimate of drug-likeness (QED) is 0.872. The van der Waals surface area contributed by atoms with Gasteiger partial charge >= 0.3 is 6.18 Å². The second kappa shape index (κ2) is 5.56. The van der Waals surface area contributed by atoms with Crippen LogP contribution in [0.3, 0.4) is 0 Å². The molecule has 2 heterocycles. The third kappa shape index (κ3) is 3.03. The van der Waals surface area contributed by atoms with E-state index in [1.807, 2.05) is 0 Å². The molecular weight excluding hydrogens is 317 g/mol. The van der Waals surface area contributed by atoms with E-state index in [1.165, 1.54) is 30.0 Å². The maximum atomic E-state index is 12.5. The average molecular weight is 328 g/mol. The summed E-state index contributed by atoms with van der Waals surface area (Å²) in [5.74, 6) is 0.266. The van der Waals surface area contributed by atoms with E-state index < -0.39 is 18.0 Å². The first-order chi connectivity index (χ1) is 10.4. The van der Waals surface area contributed by atoms with Crippen LogP contribution in [0, 0.1) is 0 Å². The van der Waals surface area contributed by atoms with Gasteiger partial charge in [0.1, 0.15) is 0 Å². The molecule has 1 unspecified atom stereocenters. The molecule has 22 heavy (non-hydrogen) atoms. The zero-order valence-corrected chi connectivity index (χ0v) is 11.9. The van der Waals surface area contributed by atoms with Crippen molar-refractivity contribution >= 4 is 22.8 Å². The minimum Gasteiger partial charge on any atom is -0.314 e. The molecule has 1 amide bonds. The van der Waals surface area contributed by atoms with Crippen molar-refractivity contribution in [3.8, 4) is 0 Å². The third-order valence-corrected chi connectivity index (χ3v) is 4.13. The number of thioether (sulfide) groups is 1. The van der Waals surface area contributed by atoms with Crippen LogP contribution in [-0.2, 0) is 16.7 Å². The van der Waals surface area contributed by atoms with Crippen molar-refractivity contribution < 1.29 is 18.0 Å². The van der Waals surface area contributed by atoms with Gasteiger partial charge in [-0.1, -0.05) is 23.9 Å². The molecule has 2 aliphatic rings. The van der Waals surface area contributed by atoms with Gasteiger partial charge < -0.3 is 5.32 Å². The molecule has 116 valence electrons. The van der Waals surface area contributed by atoms with Crippen LogP contribution in [0.4, 0.5) is 13.2 Å². The first kappa shape index (κ1) is 14.8. The number of halogens is 3. The Balaban J connectivity index is 1.61. The van der Waals surface area contributed by atoms with Gasteiger partial charge in [0.25, 0.3) is 0 Å². The number of carbonyl (C=O) groups excluding carboxylic acids is 1. The number of fused-ring (bicyclic) bond motifs is 1. The number of hydrazone groups is 1. The Morgan fingerprint density at radius 3 is 2.68 bits per heavy atom. The summed E-state index contributed by atoms with van der Waals surface area (Å²) in [5.41, 5.74) is 2.86. The topological polar surface area (TPSA) is 56.7 Å². The number of amidine groups is 1. The monoisotopic (exact) mass is 328 g/mol. The molecule has 0 saturated heterocycles. The molecular formula is C13H11F3N4OS. The number of alkyl halides is 3. The number of hydrogen-bond donors (Lipinski definition) is 2. The van der Waals surface area contributed by atoms with E-state index in [1.54, 1.807) is 11.1 Å². The lowest BCUT2D eigenvalue weighted by atomic mass is 10.1. The first-order valence-corrected chi connectivity index (χ1v) is 7.31. The molecule has 0 bridgehead atoms. The average Bonchev–Trinajstić information content (AvgIpc) is 2.87. The van der Waals surface area contributed by atoms with Crippen molar-refractivity contribution in [3.63, 3.8) is 0 Å². The van der Waals surface area contributed by atoms with E-state index in [-0.39, 0.29) is 5.91 Å². The predicted molar refractivity (Wildman–Crippen MR) is 76.2 cm³/mol. The minimum atomic E-state index is -4.32. The van der Waals surface area contributed by atoms with Gasteiger partial charge in [-0.15, -0.1) is 0 Å². The van der Waals surface area contributed by atoms with Crippen molar-refractivity contribution in [3.05, 3.63) is 47.7 Å². The highest BCUT2D eigenvalue weighted by atomic mass is 32.2. The lowest BCUT2D eigenvalue weighted by molar-refractivity contribution is -0.137. The van der Waals surface area contributed by atoms with Gasteiger partial charge in [-0.05, 0) is 17.7 Å². The van der Waals surface area contributed by atoms with Crippen LogP contribution in [0.25, 0.3) is 0 Å². The molecule has 1 aromatic rings. The molecule has 2 N–H and O–H groups in total. The molecule has 3 rings (SSSR count). The summed E-state index contributed by atoms with van der Waals surface area (Å²) in [4.78, 5) is 12.9. The van der Waals surface area contributed by atoms with Gasteiger partial charge in [-0.25, -0.2) is 0 Å². The van der Waals surface area contributed by atoms with E-state index >= 15 is 0 Å². The number of hydrogen-bond acceptors (Lipinski definition) is 5. The maximum absolute atomic E-state index is 12.5. The molecule has 9 heteroatoms. The second-order valence-corrected chi connectivity index (χ2v) is 5.58. The largest absolute Gasteiger partial charge is 0.416 e. The molecule has 0 aromatic heterocycles. The van der Waals surface area contributed by atoms with Crippen molar-refractivity contribution in [1.82, 2.24) is 15.6 Å². The number of carbonyl (C=O) groups is 1. The van der Waals surface area contributed by atoms with Gasteiger partial charge in [0.05, 0.1) is 5.56 Å². The van der Waals surface area contributed by atoms with Crippen LogP contribution in [0.1, 0.15) is 11.1 Å². The van der Waals surface area contributed by atoms with E-state index in [0.29, 0.717) is 10.9 Å². The Morgan fingerprint density at radius 1 is 1.27 bits per heavy atom. The van der Waals surface area contributed by atoms with Gasteiger partial charge in [-0.3, -0.25) is 15.1 Å². The molecule has 0 radical (unpaired) electrons. The fourth-order valence-corrected chi connectivity index (χ4v) is 2.89. The van der Waals surface area contributed by atoms with Gasteiger partial charge in [0, 0.05) is 18.0 Å². The summed E-state index contributed by atoms with van der Waals surface area (Å²) in [6.45, 7) is 0. The van der Waals surface area contributed by atoms with Crippen LogP contribution >= 0.6 is 11.8 Å². The van der Waals surface area contributed by atoms with Crippen molar-refractivity contribution in [2.24, 2.45) is 5.10 Å². The van der Waals surface area contributed by atoms with Crippen LogP contribution in [0.5, 0.6) is 0 Å². The molecule has 0 aliphatic carbocycles.